The molecule has 4 nitrogen and oxygen atoms in total. The van der Waals surface area contributed by atoms with Crippen LogP contribution in [0.2, 0.25) is 0 Å². The smallest absolute Gasteiger partial charge is 0.145 e. The number of fused-ring (bicyclic) bond motifs is 2. The largest absolute Gasteiger partial charge is 0.310 e. The summed E-state index contributed by atoms with van der Waals surface area (Å²) in [5, 5.41) is 1.14. The van der Waals surface area contributed by atoms with E-state index in [2.05, 4.69) is 189 Å². The van der Waals surface area contributed by atoms with E-state index in [9.17, 15) is 0 Å². The molecule has 0 aliphatic heterocycles. The SMILES string of the molecule is CC(C)c1cccc(C(C)C)c1-n1c(-c2cccc(N(c3ccccc3)c3cccc(-c4ccc5ccccc5n4)c3)c2)nc2ccccc21. The number of aromatic nitrogens is 3. The van der Waals surface area contributed by atoms with Crippen LogP contribution in [0.25, 0.3) is 50.3 Å². The molecule has 0 saturated heterocycles. The van der Waals surface area contributed by atoms with Crippen molar-refractivity contribution in [1.82, 2.24) is 14.5 Å². The van der Waals surface area contributed by atoms with Gasteiger partial charge in [0, 0.05) is 33.6 Å². The Bertz CT molecular complexity index is 2430. The average Bonchev–Trinajstić information content (AvgIpc) is 3.54. The number of hydrogen-bond donors (Lipinski definition) is 0. The van der Waals surface area contributed by atoms with Crippen LogP contribution in [0.1, 0.15) is 50.7 Å². The maximum Gasteiger partial charge on any atom is 0.145 e. The molecular weight excluding hydrogens is 609 g/mol. The lowest BCUT2D eigenvalue weighted by Crippen LogP contribution is -2.11. The van der Waals surface area contributed by atoms with Crippen molar-refractivity contribution < 1.29 is 0 Å². The van der Waals surface area contributed by atoms with Gasteiger partial charge in [-0.2, -0.15) is 0 Å². The average molecular weight is 649 g/mol. The maximum absolute atomic E-state index is 5.32. The number of imidazole rings is 1. The summed E-state index contributed by atoms with van der Waals surface area (Å²) >= 11 is 0. The van der Waals surface area contributed by atoms with Crippen LogP contribution in [0.15, 0.2) is 158 Å². The molecule has 0 unspecified atom stereocenters. The molecule has 50 heavy (non-hydrogen) atoms. The first-order valence-corrected chi connectivity index (χ1v) is 17.5. The normalized spacial score (nSPS) is 11.6. The number of hydrogen-bond acceptors (Lipinski definition) is 3. The zero-order valence-corrected chi connectivity index (χ0v) is 29.0. The van der Waals surface area contributed by atoms with Crippen LogP contribution in [0, 0.1) is 0 Å². The van der Waals surface area contributed by atoms with Gasteiger partial charge >= 0.3 is 0 Å². The molecular formula is C46H40N4. The minimum absolute atomic E-state index is 0.349. The number of benzene rings is 6. The predicted molar refractivity (Wildman–Crippen MR) is 210 cm³/mol. The molecule has 2 aromatic heterocycles. The van der Waals surface area contributed by atoms with Gasteiger partial charge in [-0.15, -0.1) is 0 Å². The van der Waals surface area contributed by atoms with Crippen molar-refractivity contribution in [3.63, 3.8) is 0 Å². The van der Waals surface area contributed by atoms with Crippen LogP contribution in [0.5, 0.6) is 0 Å². The lowest BCUT2D eigenvalue weighted by Gasteiger charge is -2.26. The van der Waals surface area contributed by atoms with E-state index in [0.717, 1.165) is 61.6 Å². The summed E-state index contributed by atoms with van der Waals surface area (Å²) in [5.41, 5.74) is 13.2. The van der Waals surface area contributed by atoms with Crippen LogP contribution in [-0.2, 0) is 0 Å². The van der Waals surface area contributed by atoms with Gasteiger partial charge in [0.05, 0.1) is 27.9 Å². The summed E-state index contributed by atoms with van der Waals surface area (Å²) in [7, 11) is 0. The van der Waals surface area contributed by atoms with E-state index in [1.165, 1.54) is 16.8 Å². The molecule has 0 atom stereocenters. The number of pyridine rings is 1. The highest BCUT2D eigenvalue weighted by atomic mass is 15.1. The Hall–Kier alpha value is -6.00. The zero-order valence-electron chi connectivity index (χ0n) is 29.0. The Labute approximate surface area is 294 Å². The molecule has 0 aliphatic rings. The zero-order chi connectivity index (χ0) is 34.2. The summed E-state index contributed by atoms with van der Waals surface area (Å²) in [5.74, 6) is 1.63. The van der Waals surface area contributed by atoms with E-state index in [0.29, 0.717) is 11.8 Å². The Kier molecular flexibility index (Phi) is 8.22. The highest BCUT2D eigenvalue weighted by Crippen LogP contribution is 2.41. The number of para-hydroxylation sites is 5. The Morgan fingerprint density at radius 1 is 0.480 bits per heavy atom. The first-order valence-electron chi connectivity index (χ1n) is 17.5. The molecule has 0 bridgehead atoms. The van der Waals surface area contributed by atoms with Gasteiger partial charge < -0.3 is 4.90 Å². The molecule has 0 spiro atoms. The molecule has 0 fully saturated rings. The number of rotatable bonds is 8. The highest BCUT2D eigenvalue weighted by molar-refractivity contribution is 5.87. The maximum atomic E-state index is 5.32. The molecule has 0 aliphatic carbocycles. The lowest BCUT2D eigenvalue weighted by atomic mass is 9.92. The molecule has 0 amide bonds. The molecule has 8 aromatic rings. The quantitative estimate of drug-likeness (QED) is 0.164. The van der Waals surface area contributed by atoms with E-state index in [1.807, 2.05) is 6.07 Å². The summed E-state index contributed by atoms with van der Waals surface area (Å²) in [6.45, 7) is 9.12. The molecule has 244 valence electrons. The molecule has 0 N–H and O–H groups in total. The van der Waals surface area contributed by atoms with Gasteiger partial charge in [-0.1, -0.05) is 125 Å². The Morgan fingerprint density at radius 3 is 1.78 bits per heavy atom. The van der Waals surface area contributed by atoms with Crippen molar-refractivity contribution in [1.29, 1.82) is 0 Å². The molecule has 0 saturated carbocycles. The fourth-order valence-electron chi connectivity index (χ4n) is 7.06. The van der Waals surface area contributed by atoms with Crippen molar-refractivity contribution in [3.05, 3.63) is 169 Å². The van der Waals surface area contributed by atoms with Crippen LogP contribution in [-0.4, -0.2) is 14.5 Å². The molecule has 0 radical (unpaired) electrons. The van der Waals surface area contributed by atoms with Crippen LogP contribution in [0.4, 0.5) is 17.1 Å². The highest BCUT2D eigenvalue weighted by Gasteiger charge is 2.23. The van der Waals surface area contributed by atoms with Gasteiger partial charge in [0.15, 0.2) is 0 Å². The topological polar surface area (TPSA) is 34.0 Å². The van der Waals surface area contributed by atoms with Crippen LogP contribution < -0.4 is 4.90 Å². The minimum atomic E-state index is 0.349. The number of anilines is 3. The second kappa shape index (κ2) is 13.1. The molecule has 2 heterocycles. The third-order valence-corrected chi connectivity index (χ3v) is 9.50. The first-order chi connectivity index (χ1) is 24.5. The van der Waals surface area contributed by atoms with Crippen molar-refractivity contribution in [2.75, 3.05) is 4.90 Å². The lowest BCUT2D eigenvalue weighted by molar-refractivity contribution is 0.811. The Balaban J connectivity index is 1.31. The van der Waals surface area contributed by atoms with Crippen LogP contribution >= 0.6 is 0 Å². The second-order valence-electron chi connectivity index (χ2n) is 13.5. The van der Waals surface area contributed by atoms with E-state index >= 15 is 0 Å². The van der Waals surface area contributed by atoms with Gasteiger partial charge in [-0.05, 0) is 83.6 Å². The monoisotopic (exact) mass is 648 g/mol. The van der Waals surface area contributed by atoms with Crippen molar-refractivity contribution in [3.8, 4) is 28.3 Å². The molecule has 6 aromatic carbocycles. The van der Waals surface area contributed by atoms with E-state index in [-0.39, 0.29) is 0 Å². The minimum Gasteiger partial charge on any atom is -0.310 e. The van der Waals surface area contributed by atoms with Crippen molar-refractivity contribution >= 4 is 39.0 Å². The summed E-state index contributed by atoms with van der Waals surface area (Å²) in [6.07, 6.45) is 0. The van der Waals surface area contributed by atoms with Gasteiger partial charge in [-0.25, -0.2) is 9.97 Å². The number of nitrogens with zero attached hydrogens (tertiary/aromatic N) is 4. The molecule has 8 rings (SSSR count). The fourth-order valence-corrected chi connectivity index (χ4v) is 7.06. The fraction of sp³-hybridized carbons (Fsp3) is 0.130. The van der Waals surface area contributed by atoms with Crippen molar-refractivity contribution in [2.45, 2.75) is 39.5 Å². The van der Waals surface area contributed by atoms with Crippen LogP contribution in [0.3, 0.4) is 0 Å². The first kappa shape index (κ1) is 31.3. The van der Waals surface area contributed by atoms with E-state index in [1.54, 1.807) is 0 Å². The van der Waals surface area contributed by atoms with Crippen molar-refractivity contribution in [2.24, 2.45) is 0 Å². The molecule has 4 heteroatoms. The van der Waals surface area contributed by atoms with E-state index < -0.39 is 0 Å². The van der Waals surface area contributed by atoms with Gasteiger partial charge in [0.2, 0.25) is 0 Å². The Morgan fingerprint density at radius 2 is 1.06 bits per heavy atom. The van der Waals surface area contributed by atoms with Gasteiger partial charge in [0.25, 0.3) is 0 Å². The summed E-state index contributed by atoms with van der Waals surface area (Å²) in [6, 6.07) is 55.8. The van der Waals surface area contributed by atoms with Gasteiger partial charge in [-0.3, -0.25) is 4.57 Å². The summed E-state index contributed by atoms with van der Waals surface area (Å²) < 4.78 is 2.40. The second-order valence-corrected chi connectivity index (χ2v) is 13.5. The third kappa shape index (κ3) is 5.73. The van der Waals surface area contributed by atoms with Gasteiger partial charge in [0.1, 0.15) is 5.82 Å². The third-order valence-electron chi connectivity index (χ3n) is 9.50. The van der Waals surface area contributed by atoms with E-state index in [4.69, 9.17) is 9.97 Å². The predicted octanol–water partition coefficient (Wildman–Crippen LogP) is 12.6. The standard InChI is InChI=1S/C46H40N4/c1-31(2)39-22-14-23-40(32(3)4)45(39)50-44-26-11-10-25-43(44)48-46(50)35-17-13-21-38(30-35)49(36-18-6-5-7-19-36)37-20-12-16-34(29-37)42-28-27-33-15-8-9-24-41(33)47-42/h5-32H,1-4H3. The summed E-state index contributed by atoms with van der Waals surface area (Å²) in [4.78, 5) is 12.7.